The summed E-state index contributed by atoms with van der Waals surface area (Å²) in [7, 11) is 0. The molecular formula is C16H24N2O. The number of hydrazine groups is 1. The maximum Gasteiger partial charge on any atom is 0.0820 e. The Bertz CT molecular complexity index is 440. The molecular weight excluding hydrogens is 236 g/mol. The van der Waals surface area contributed by atoms with Gasteiger partial charge in [0.1, 0.15) is 0 Å². The maximum atomic E-state index is 6.03. The van der Waals surface area contributed by atoms with Gasteiger partial charge in [0.2, 0.25) is 0 Å². The van der Waals surface area contributed by atoms with E-state index >= 15 is 0 Å². The molecule has 3 unspecified atom stereocenters. The summed E-state index contributed by atoms with van der Waals surface area (Å²) in [5.41, 5.74) is 5.92. The van der Waals surface area contributed by atoms with Gasteiger partial charge in [-0.3, -0.25) is 11.3 Å². The number of hydrogen-bond acceptors (Lipinski definition) is 3. The van der Waals surface area contributed by atoms with E-state index in [1.54, 1.807) is 0 Å². The van der Waals surface area contributed by atoms with E-state index in [1.807, 2.05) is 0 Å². The quantitative estimate of drug-likeness (QED) is 0.646. The third-order valence-electron chi connectivity index (χ3n) is 4.92. The Morgan fingerprint density at radius 2 is 2.26 bits per heavy atom. The lowest BCUT2D eigenvalue weighted by Gasteiger charge is -2.43. The number of rotatable bonds is 4. The van der Waals surface area contributed by atoms with Crippen LogP contribution >= 0.6 is 0 Å². The van der Waals surface area contributed by atoms with Crippen LogP contribution < -0.4 is 11.3 Å². The number of ether oxygens (including phenoxy) is 1. The summed E-state index contributed by atoms with van der Waals surface area (Å²) in [5.74, 6) is 6.44. The summed E-state index contributed by atoms with van der Waals surface area (Å²) in [5, 5.41) is 0. The summed E-state index contributed by atoms with van der Waals surface area (Å²) < 4.78 is 6.03. The zero-order valence-corrected chi connectivity index (χ0v) is 11.7. The first-order valence-electron chi connectivity index (χ1n) is 7.41. The molecule has 0 aromatic heterocycles. The fourth-order valence-corrected chi connectivity index (χ4v) is 3.58. The van der Waals surface area contributed by atoms with E-state index in [0.717, 1.165) is 19.4 Å². The van der Waals surface area contributed by atoms with Crippen molar-refractivity contribution in [3.63, 3.8) is 0 Å². The highest BCUT2D eigenvalue weighted by Gasteiger charge is 2.39. The molecule has 3 N–H and O–H groups in total. The van der Waals surface area contributed by atoms with Crippen molar-refractivity contribution in [3.8, 4) is 0 Å². The molecule has 0 saturated carbocycles. The summed E-state index contributed by atoms with van der Waals surface area (Å²) in [6.45, 7) is 3.08. The predicted octanol–water partition coefficient (Wildman–Crippen LogP) is 2.51. The Morgan fingerprint density at radius 1 is 1.42 bits per heavy atom. The molecule has 2 aliphatic rings. The molecule has 0 bridgehead atoms. The molecule has 19 heavy (non-hydrogen) atoms. The van der Waals surface area contributed by atoms with Crippen LogP contribution in [0.2, 0.25) is 0 Å². The molecule has 1 aliphatic heterocycles. The number of nitrogens with one attached hydrogen (secondary N) is 1. The molecule has 0 amide bonds. The Balaban J connectivity index is 1.68. The van der Waals surface area contributed by atoms with E-state index in [-0.39, 0.29) is 11.6 Å². The minimum atomic E-state index is -0.0997. The van der Waals surface area contributed by atoms with Crippen molar-refractivity contribution in [1.29, 1.82) is 0 Å². The highest BCUT2D eigenvalue weighted by atomic mass is 16.5. The predicted molar refractivity (Wildman–Crippen MR) is 76.8 cm³/mol. The molecule has 1 aliphatic carbocycles. The van der Waals surface area contributed by atoms with E-state index in [4.69, 9.17) is 10.6 Å². The SMILES string of the molecule is CC1(C(CC2Cc3ccccc32)NN)CCCCO1. The lowest BCUT2D eigenvalue weighted by Crippen LogP contribution is -2.55. The summed E-state index contributed by atoms with van der Waals surface area (Å²) in [6, 6.07) is 8.98. The van der Waals surface area contributed by atoms with E-state index in [9.17, 15) is 0 Å². The molecule has 0 radical (unpaired) electrons. The van der Waals surface area contributed by atoms with Crippen molar-refractivity contribution < 1.29 is 4.74 Å². The highest BCUT2D eigenvalue weighted by Crippen LogP contribution is 2.41. The molecule has 3 heteroatoms. The van der Waals surface area contributed by atoms with Gasteiger partial charge in [-0.2, -0.15) is 0 Å². The molecule has 0 spiro atoms. The molecule has 1 fully saturated rings. The van der Waals surface area contributed by atoms with Gasteiger partial charge in [0, 0.05) is 6.61 Å². The van der Waals surface area contributed by atoms with Gasteiger partial charge < -0.3 is 4.74 Å². The summed E-state index contributed by atoms with van der Waals surface area (Å²) >= 11 is 0. The van der Waals surface area contributed by atoms with Gasteiger partial charge >= 0.3 is 0 Å². The lowest BCUT2D eigenvalue weighted by atomic mass is 9.72. The monoisotopic (exact) mass is 260 g/mol. The van der Waals surface area contributed by atoms with Crippen molar-refractivity contribution in [3.05, 3.63) is 35.4 Å². The van der Waals surface area contributed by atoms with Crippen LogP contribution in [0.25, 0.3) is 0 Å². The topological polar surface area (TPSA) is 47.3 Å². The van der Waals surface area contributed by atoms with Crippen molar-refractivity contribution in [2.45, 2.75) is 56.6 Å². The van der Waals surface area contributed by atoms with E-state index in [1.165, 1.54) is 30.4 Å². The molecule has 1 heterocycles. The lowest BCUT2D eigenvalue weighted by molar-refractivity contribution is -0.0916. The third-order valence-corrected chi connectivity index (χ3v) is 4.92. The molecule has 3 rings (SSSR count). The minimum Gasteiger partial charge on any atom is -0.374 e. The third kappa shape index (κ3) is 2.42. The van der Waals surface area contributed by atoms with Gasteiger partial charge in [-0.1, -0.05) is 24.3 Å². The average molecular weight is 260 g/mol. The van der Waals surface area contributed by atoms with Crippen LogP contribution in [0.15, 0.2) is 24.3 Å². The Hall–Kier alpha value is -0.900. The first-order valence-corrected chi connectivity index (χ1v) is 7.41. The molecule has 104 valence electrons. The normalized spacial score (nSPS) is 31.4. The zero-order valence-electron chi connectivity index (χ0n) is 11.7. The van der Waals surface area contributed by atoms with Crippen LogP contribution in [0.5, 0.6) is 0 Å². The second kappa shape index (κ2) is 5.23. The average Bonchev–Trinajstić information content (AvgIpc) is 2.41. The van der Waals surface area contributed by atoms with Gasteiger partial charge in [0.05, 0.1) is 11.6 Å². The van der Waals surface area contributed by atoms with Crippen LogP contribution in [0.1, 0.15) is 49.7 Å². The zero-order chi connectivity index (χ0) is 13.3. The van der Waals surface area contributed by atoms with Gasteiger partial charge in [0.25, 0.3) is 0 Å². The highest BCUT2D eigenvalue weighted by molar-refractivity contribution is 5.40. The van der Waals surface area contributed by atoms with Gasteiger partial charge in [-0.15, -0.1) is 0 Å². The molecule has 1 aromatic carbocycles. The smallest absolute Gasteiger partial charge is 0.0820 e. The molecule has 1 aromatic rings. The van der Waals surface area contributed by atoms with Crippen molar-refractivity contribution in [1.82, 2.24) is 5.43 Å². The molecule has 3 atom stereocenters. The standard InChI is InChI=1S/C16H24N2O/c1-16(8-4-5-9-19-16)15(18-17)11-13-10-12-6-2-3-7-14(12)13/h2-3,6-7,13,15,18H,4-5,8-11,17H2,1H3. The second-order valence-electron chi connectivity index (χ2n) is 6.17. The number of fused-ring (bicyclic) bond motifs is 1. The number of hydrogen-bond donors (Lipinski definition) is 2. The van der Waals surface area contributed by atoms with Gasteiger partial charge in [0.15, 0.2) is 0 Å². The van der Waals surface area contributed by atoms with Gasteiger partial charge in [-0.05, 0) is 56.1 Å². The van der Waals surface area contributed by atoms with Crippen LogP contribution in [-0.4, -0.2) is 18.2 Å². The van der Waals surface area contributed by atoms with E-state index in [2.05, 4.69) is 36.6 Å². The van der Waals surface area contributed by atoms with Crippen molar-refractivity contribution in [2.24, 2.45) is 5.84 Å². The largest absolute Gasteiger partial charge is 0.374 e. The van der Waals surface area contributed by atoms with Crippen LogP contribution in [-0.2, 0) is 11.2 Å². The number of benzene rings is 1. The first kappa shape index (κ1) is 13.1. The van der Waals surface area contributed by atoms with E-state index < -0.39 is 0 Å². The van der Waals surface area contributed by atoms with Crippen molar-refractivity contribution in [2.75, 3.05) is 6.61 Å². The minimum absolute atomic E-state index is 0.0997. The molecule has 3 nitrogen and oxygen atoms in total. The van der Waals surface area contributed by atoms with Crippen LogP contribution in [0.4, 0.5) is 0 Å². The Morgan fingerprint density at radius 3 is 2.95 bits per heavy atom. The Kier molecular flexibility index (Phi) is 3.61. The number of nitrogens with two attached hydrogens (primary N) is 1. The van der Waals surface area contributed by atoms with Gasteiger partial charge in [-0.25, -0.2) is 0 Å². The van der Waals surface area contributed by atoms with Crippen molar-refractivity contribution >= 4 is 0 Å². The molecule has 1 saturated heterocycles. The first-order chi connectivity index (χ1) is 9.23. The van der Waals surface area contributed by atoms with Crippen LogP contribution in [0, 0.1) is 0 Å². The van der Waals surface area contributed by atoms with E-state index in [0.29, 0.717) is 5.92 Å². The fourth-order valence-electron chi connectivity index (χ4n) is 3.58. The fraction of sp³-hybridized carbons (Fsp3) is 0.625. The second-order valence-corrected chi connectivity index (χ2v) is 6.17. The Labute approximate surface area is 115 Å². The summed E-state index contributed by atoms with van der Waals surface area (Å²) in [6.07, 6.45) is 5.79. The maximum absolute atomic E-state index is 6.03. The summed E-state index contributed by atoms with van der Waals surface area (Å²) in [4.78, 5) is 0. The van der Waals surface area contributed by atoms with Crippen LogP contribution in [0.3, 0.4) is 0 Å².